The van der Waals surface area contributed by atoms with Gasteiger partial charge in [0.05, 0.1) is 26.2 Å². The quantitative estimate of drug-likeness (QED) is 0.552. The van der Waals surface area contributed by atoms with Crippen LogP contribution in [0.3, 0.4) is 0 Å². The lowest BCUT2D eigenvalue weighted by Gasteiger charge is -2.28. The van der Waals surface area contributed by atoms with Crippen molar-refractivity contribution in [3.05, 3.63) is 0 Å². The summed E-state index contributed by atoms with van der Waals surface area (Å²) < 4.78 is 0. The second-order valence-electron chi connectivity index (χ2n) is 8.56. The van der Waals surface area contributed by atoms with Crippen LogP contribution in [0, 0.1) is 10.8 Å². The molecular weight excluding hydrogens is 340 g/mol. The van der Waals surface area contributed by atoms with Gasteiger partial charge in [-0.15, -0.1) is 0 Å². The van der Waals surface area contributed by atoms with Gasteiger partial charge in [0.1, 0.15) is 0 Å². The predicted octanol–water partition coefficient (Wildman–Crippen LogP) is 0.990. The molecule has 0 aromatic carbocycles. The second kappa shape index (κ2) is 9.78. The zero-order valence-corrected chi connectivity index (χ0v) is 16.7. The van der Waals surface area contributed by atoms with Gasteiger partial charge in [0.2, 0.25) is 0 Å². The number of nitrogens with zero attached hydrogens (tertiary/aromatic N) is 2. The molecule has 0 saturated heterocycles. The summed E-state index contributed by atoms with van der Waals surface area (Å²) in [6, 6.07) is 0. The Morgan fingerprint density at radius 2 is 0.885 bits per heavy atom. The first-order valence-electron chi connectivity index (χ1n) is 8.58. The average molecular weight is 372 g/mol. The minimum atomic E-state index is -1.07. The van der Waals surface area contributed by atoms with Crippen molar-refractivity contribution in [2.75, 3.05) is 39.3 Å². The number of carboxylic acid groups (broad SMARTS) is 2. The van der Waals surface area contributed by atoms with Crippen molar-refractivity contribution >= 4 is 23.5 Å². The molecular formula is C18H32N2O6. The number of aliphatic carboxylic acids is 2. The van der Waals surface area contributed by atoms with Crippen LogP contribution in [-0.4, -0.2) is 82.8 Å². The van der Waals surface area contributed by atoms with Gasteiger partial charge in [-0.2, -0.15) is 0 Å². The molecule has 0 saturated carbocycles. The van der Waals surface area contributed by atoms with Gasteiger partial charge in [-0.05, 0) is 0 Å². The van der Waals surface area contributed by atoms with E-state index < -0.39 is 22.8 Å². The largest absolute Gasteiger partial charge is 0.480 e. The summed E-state index contributed by atoms with van der Waals surface area (Å²) in [6.07, 6.45) is 0. The van der Waals surface area contributed by atoms with Crippen LogP contribution in [0.1, 0.15) is 41.5 Å². The van der Waals surface area contributed by atoms with Crippen molar-refractivity contribution in [2.45, 2.75) is 41.5 Å². The molecule has 0 aliphatic rings. The van der Waals surface area contributed by atoms with Gasteiger partial charge in [0, 0.05) is 23.9 Å². The number of hydrogen-bond donors (Lipinski definition) is 2. The van der Waals surface area contributed by atoms with E-state index in [0.29, 0.717) is 0 Å². The molecule has 0 radical (unpaired) electrons. The molecule has 0 unspecified atom stereocenters. The van der Waals surface area contributed by atoms with E-state index in [1.54, 1.807) is 41.5 Å². The Bertz CT molecular complexity index is 483. The number of hydrogen-bond acceptors (Lipinski definition) is 6. The first-order chi connectivity index (χ1) is 11.6. The summed E-state index contributed by atoms with van der Waals surface area (Å²) in [4.78, 5) is 49.4. The number of rotatable bonds is 11. The van der Waals surface area contributed by atoms with Crippen LogP contribution in [-0.2, 0) is 19.2 Å². The molecule has 8 nitrogen and oxygen atoms in total. The number of carbonyl (C=O) groups is 4. The second-order valence-corrected chi connectivity index (χ2v) is 8.56. The highest BCUT2D eigenvalue weighted by atomic mass is 16.4. The lowest BCUT2D eigenvalue weighted by Crippen LogP contribution is -2.45. The maximum absolute atomic E-state index is 12.2. The zero-order valence-electron chi connectivity index (χ0n) is 16.7. The molecule has 26 heavy (non-hydrogen) atoms. The van der Waals surface area contributed by atoms with Crippen LogP contribution >= 0.6 is 0 Å². The van der Waals surface area contributed by atoms with Crippen molar-refractivity contribution in [1.29, 1.82) is 0 Å². The first kappa shape index (κ1) is 24.2. The summed E-state index contributed by atoms with van der Waals surface area (Å²) in [5, 5.41) is 18.1. The highest BCUT2D eigenvalue weighted by Gasteiger charge is 2.27. The summed E-state index contributed by atoms with van der Waals surface area (Å²) >= 11 is 0. The fourth-order valence-corrected chi connectivity index (χ4v) is 1.97. The Hall–Kier alpha value is -1.80. The minimum absolute atomic E-state index is 0.0378. The number of carbonyl (C=O) groups excluding carboxylic acids is 2. The fourth-order valence-electron chi connectivity index (χ4n) is 1.97. The van der Waals surface area contributed by atoms with Crippen molar-refractivity contribution in [2.24, 2.45) is 10.8 Å². The standard InChI is InChI=1S/C18H32N2O6/c1-17(2,3)13(21)9-19(11-15(23)24)7-8-20(12-16(25)26)10-14(22)18(4,5)6/h7-12H2,1-6H3,(H,23,24)(H,25,26). The highest BCUT2D eigenvalue weighted by Crippen LogP contribution is 2.16. The molecule has 0 aromatic heterocycles. The van der Waals surface area contributed by atoms with Crippen LogP contribution in [0.2, 0.25) is 0 Å². The Labute approximate surface area is 155 Å². The molecule has 2 N–H and O–H groups in total. The van der Waals surface area contributed by atoms with E-state index in [4.69, 9.17) is 10.2 Å². The third kappa shape index (κ3) is 10.2. The summed E-state index contributed by atoms with van der Waals surface area (Å²) in [7, 11) is 0. The lowest BCUT2D eigenvalue weighted by atomic mass is 9.90. The predicted molar refractivity (Wildman–Crippen MR) is 97.1 cm³/mol. The molecule has 0 spiro atoms. The van der Waals surface area contributed by atoms with Gasteiger partial charge in [-0.3, -0.25) is 29.0 Å². The minimum Gasteiger partial charge on any atom is -0.480 e. The first-order valence-corrected chi connectivity index (χ1v) is 8.58. The van der Waals surface area contributed by atoms with Gasteiger partial charge in [-0.25, -0.2) is 0 Å². The van der Waals surface area contributed by atoms with Gasteiger partial charge >= 0.3 is 11.9 Å². The Morgan fingerprint density at radius 1 is 0.615 bits per heavy atom. The molecule has 8 heteroatoms. The van der Waals surface area contributed by atoms with E-state index in [9.17, 15) is 19.2 Å². The van der Waals surface area contributed by atoms with Crippen LogP contribution < -0.4 is 0 Å². The lowest BCUT2D eigenvalue weighted by molar-refractivity contribution is -0.141. The summed E-state index contributed by atoms with van der Waals surface area (Å²) in [6.45, 7) is 10.2. The molecule has 0 aromatic rings. The SMILES string of the molecule is CC(C)(C)C(=O)CN(CCN(CC(=O)O)CC(=O)C(C)(C)C)CC(=O)O. The average Bonchev–Trinajstić information content (AvgIpc) is 2.40. The zero-order chi connectivity index (χ0) is 20.7. The normalized spacial score (nSPS) is 12.5. The molecule has 0 rings (SSSR count). The molecule has 0 heterocycles. The Kier molecular flexibility index (Phi) is 9.10. The molecule has 0 fully saturated rings. The summed E-state index contributed by atoms with van der Waals surface area (Å²) in [5.74, 6) is -2.34. The van der Waals surface area contributed by atoms with E-state index >= 15 is 0 Å². The van der Waals surface area contributed by atoms with Crippen molar-refractivity contribution in [1.82, 2.24) is 9.80 Å². The van der Waals surface area contributed by atoms with Gasteiger partial charge in [0.15, 0.2) is 11.6 Å². The van der Waals surface area contributed by atoms with Crippen molar-refractivity contribution in [3.8, 4) is 0 Å². The van der Waals surface area contributed by atoms with Gasteiger partial charge < -0.3 is 10.2 Å². The maximum atomic E-state index is 12.2. The van der Waals surface area contributed by atoms with E-state index in [2.05, 4.69) is 0 Å². The molecule has 0 bridgehead atoms. The molecule has 0 aliphatic heterocycles. The molecule has 0 atom stereocenters. The smallest absolute Gasteiger partial charge is 0.317 e. The topological polar surface area (TPSA) is 115 Å². The monoisotopic (exact) mass is 372 g/mol. The molecule has 0 aliphatic carbocycles. The van der Waals surface area contributed by atoms with Gasteiger partial charge in [-0.1, -0.05) is 41.5 Å². The van der Waals surface area contributed by atoms with Crippen LogP contribution in [0.4, 0.5) is 0 Å². The van der Waals surface area contributed by atoms with Crippen molar-refractivity contribution in [3.63, 3.8) is 0 Å². The van der Waals surface area contributed by atoms with E-state index in [1.807, 2.05) is 0 Å². The Morgan fingerprint density at radius 3 is 1.08 bits per heavy atom. The fraction of sp³-hybridized carbons (Fsp3) is 0.778. The number of Topliss-reactive ketones (excluding diaryl/α,β-unsaturated/α-hetero) is 2. The van der Waals surface area contributed by atoms with Crippen LogP contribution in [0.5, 0.6) is 0 Å². The third-order valence-electron chi connectivity index (χ3n) is 3.86. The number of carboxylic acids is 2. The number of ketones is 2. The molecule has 0 amide bonds. The van der Waals surface area contributed by atoms with Crippen molar-refractivity contribution < 1.29 is 29.4 Å². The van der Waals surface area contributed by atoms with E-state index in [0.717, 1.165) is 0 Å². The summed E-state index contributed by atoms with van der Waals surface area (Å²) in [5.41, 5.74) is -1.20. The van der Waals surface area contributed by atoms with Crippen LogP contribution in [0.15, 0.2) is 0 Å². The van der Waals surface area contributed by atoms with Gasteiger partial charge in [0.25, 0.3) is 0 Å². The molecule has 150 valence electrons. The van der Waals surface area contributed by atoms with E-state index in [1.165, 1.54) is 9.80 Å². The Balaban J connectivity index is 5.02. The van der Waals surface area contributed by atoms with E-state index in [-0.39, 0.29) is 50.8 Å². The maximum Gasteiger partial charge on any atom is 0.317 e. The third-order valence-corrected chi connectivity index (χ3v) is 3.86. The highest BCUT2D eigenvalue weighted by molar-refractivity contribution is 5.86. The van der Waals surface area contributed by atoms with Crippen LogP contribution in [0.25, 0.3) is 0 Å².